The molecule has 2 bridgehead atoms. The number of anilines is 1. The number of rotatable bonds is 2. The van der Waals surface area contributed by atoms with E-state index >= 15 is 0 Å². The van der Waals surface area contributed by atoms with Gasteiger partial charge in [-0.2, -0.15) is 22.5 Å². The van der Waals surface area contributed by atoms with E-state index in [0.717, 1.165) is 25.7 Å². The van der Waals surface area contributed by atoms with Crippen LogP contribution in [0.25, 0.3) is 0 Å². The van der Waals surface area contributed by atoms with E-state index in [1.54, 1.807) is 0 Å². The summed E-state index contributed by atoms with van der Waals surface area (Å²) >= 11 is 0. The zero-order valence-corrected chi connectivity index (χ0v) is 9.52. The second-order valence-electron chi connectivity index (χ2n) is 5.12. The number of nitrogens with zero attached hydrogens (tertiary/aromatic N) is 1. The minimum absolute atomic E-state index is 0.103. The lowest BCUT2D eigenvalue weighted by Crippen LogP contribution is -2.27. The Bertz CT molecular complexity index is 465. The topological polar surface area (TPSA) is 24.9 Å². The van der Waals surface area contributed by atoms with E-state index in [2.05, 4.69) is 10.3 Å². The van der Waals surface area contributed by atoms with E-state index in [1.165, 1.54) is 0 Å². The van der Waals surface area contributed by atoms with Gasteiger partial charge >= 0.3 is 0 Å². The van der Waals surface area contributed by atoms with Crippen molar-refractivity contribution in [2.45, 2.75) is 31.7 Å². The Morgan fingerprint density at radius 3 is 2.11 bits per heavy atom. The molecule has 3 atom stereocenters. The molecule has 2 saturated carbocycles. The van der Waals surface area contributed by atoms with Crippen molar-refractivity contribution in [2.75, 3.05) is 5.32 Å². The molecule has 2 aliphatic rings. The lowest BCUT2D eigenvalue weighted by molar-refractivity contribution is 0.400. The van der Waals surface area contributed by atoms with Crippen molar-refractivity contribution in [3.05, 3.63) is 23.5 Å². The molecule has 98 valence electrons. The molecular weight excluding hydrogens is 248 g/mol. The summed E-state index contributed by atoms with van der Waals surface area (Å²) in [6.45, 7) is 0. The minimum Gasteiger partial charge on any atom is -0.377 e. The molecule has 0 spiro atoms. The number of aromatic nitrogens is 1. The van der Waals surface area contributed by atoms with Gasteiger partial charge in [0.2, 0.25) is 11.6 Å². The molecule has 2 nitrogen and oxygen atoms in total. The summed E-state index contributed by atoms with van der Waals surface area (Å²) in [4.78, 5) is 2.53. The van der Waals surface area contributed by atoms with Crippen molar-refractivity contribution in [1.82, 2.24) is 4.98 Å². The van der Waals surface area contributed by atoms with Crippen molar-refractivity contribution >= 4 is 5.69 Å². The van der Waals surface area contributed by atoms with Gasteiger partial charge in [-0.25, -0.2) is 0 Å². The van der Waals surface area contributed by atoms with Crippen molar-refractivity contribution < 1.29 is 17.6 Å². The maximum Gasteiger partial charge on any atom is 0.253 e. The van der Waals surface area contributed by atoms with Crippen molar-refractivity contribution in [1.29, 1.82) is 0 Å². The third-order valence-electron chi connectivity index (χ3n) is 4.07. The monoisotopic (exact) mass is 260 g/mol. The van der Waals surface area contributed by atoms with Crippen LogP contribution < -0.4 is 5.32 Å². The molecule has 18 heavy (non-hydrogen) atoms. The van der Waals surface area contributed by atoms with Crippen LogP contribution in [0.4, 0.5) is 23.2 Å². The second kappa shape index (κ2) is 4.10. The third-order valence-corrected chi connectivity index (χ3v) is 4.07. The fourth-order valence-electron chi connectivity index (χ4n) is 3.22. The predicted molar refractivity (Wildman–Crippen MR) is 56.9 cm³/mol. The molecule has 6 heteroatoms. The Morgan fingerprint density at radius 2 is 1.61 bits per heavy atom. The highest BCUT2D eigenvalue weighted by Crippen LogP contribution is 2.45. The molecule has 3 rings (SSSR count). The van der Waals surface area contributed by atoms with Crippen LogP contribution >= 0.6 is 0 Å². The molecule has 2 fully saturated rings. The third kappa shape index (κ3) is 1.74. The summed E-state index contributed by atoms with van der Waals surface area (Å²) in [7, 11) is 0. The fraction of sp³-hybridized carbons (Fsp3) is 0.583. The molecule has 1 aromatic heterocycles. The molecule has 1 heterocycles. The summed E-state index contributed by atoms with van der Waals surface area (Å²) in [5.41, 5.74) is -0.724. The summed E-state index contributed by atoms with van der Waals surface area (Å²) in [5.74, 6) is -5.21. The first-order chi connectivity index (χ1) is 8.56. The molecule has 0 amide bonds. The normalized spacial score (nSPS) is 29.9. The van der Waals surface area contributed by atoms with Crippen LogP contribution in [0.15, 0.2) is 0 Å². The lowest BCUT2D eigenvalue weighted by atomic mass is 9.95. The predicted octanol–water partition coefficient (Wildman–Crippen LogP) is 3.24. The SMILES string of the molecule is Fc1nc(F)c(F)c(NC2CC3CCC2C3)c1F. The average molecular weight is 260 g/mol. The van der Waals surface area contributed by atoms with Crippen LogP contribution in [0.1, 0.15) is 25.7 Å². The second-order valence-corrected chi connectivity index (χ2v) is 5.12. The lowest BCUT2D eigenvalue weighted by Gasteiger charge is -2.24. The molecule has 0 saturated heterocycles. The van der Waals surface area contributed by atoms with Gasteiger partial charge in [0, 0.05) is 6.04 Å². The van der Waals surface area contributed by atoms with Crippen molar-refractivity contribution in [3.63, 3.8) is 0 Å². The first kappa shape index (κ1) is 11.7. The van der Waals surface area contributed by atoms with E-state index in [4.69, 9.17) is 0 Å². The quantitative estimate of drug-likeness (QED) is 0.652. The summed E-state index contributed by atoms with van der Waals surface area (Å²) in [6.07, 6.45) is 3.96. The molecule has 0 aliphatic heterocycles. The van der Waals surface area contributed by atoms with Gasteiger partial charge < -0.3 is 5.32 Å². The Morgan fingerprint density at radius 1 is 0.944 bits per heavy atom. The molecule has 1 N–H and O–H groups in total. The van der Waals surface area contributed by atoms with Crippen molar-refractivity contribution in [2.24, 2.45) is 11.8 Å². The summed E-state index contributed by atoms with van der Waals surface area (Å²) in [6, 6.07) is -0.103. The molecule has 0 aromatic carbocycles. The van der Waals surface area contributed by atoms with Crippen molar-refractivity contribution in [3.8, 4) is 0 Å². The van der Waals surface area contributed by atoms with Crippen LogP contribution in [0.2, 0.25) is 0 Å². The van der Waals surface area contributed by atoms with Gasteiger partial charge in [-0.1, -0.05) is 6.42 Å². The largest absolute Gasteiger partial charge is 0.377 e. The van der Waals surface area contributed by atoms with E-state index < -0.39 is 29.2 Å². The Hall–Kier alpha value is -1.33. The molecule has 0 radical (unpaired) electrons. The maximum atomic E-state index is 13.4. The van der Waals surface area contributed by atoms with E-state index in [1.807, 2.05) is 0 Å². The highest BCUT2D eigenvalue weighted by Gasteiger charge is 2.40. The maximum absolute atomic E-state index is 13.4. The van der Waals surface area contributed by atoms with Crippen LogP contribution in [0, 0.1) is 35.4 Å². The molecule has 3 unspecified atom stereocenters. The minimum atomic E-state index is -1.61. The average Bonchev–Trinajstić information content (AvgIpc) is 2.94. The molecule has 1 aromatic rings. The number of fused-ring (bicyclic) bond motifs is 2. The van der Waals surface area contributed by atoms with Gasteiger partial charge in [0.15, 0.2) is 0 Å². The summed E-state index contributed by atoms with van der Waals surface area (Å²) < 4.78 is 52.8. The van der Waals surface area contributed by atoms with Crippen LogP contribution in [-0.2, 0) is 0 Å². The molecular formula is C12H12F4N2. The van der Waals surface area contributed by atoms with Gasteiger partial charge in [-0.05, 0) is 31.1 Å². The van der Waals surface area contributed by atoms with E-state index in [-0.39, 0.29) is 6.04 Å². The first-order valence-electron chi connectivity index (χ1n) is 6.02. The number of halogens is 4. The standard InChI is InChI=1S/C12H12F4N2/c13-8-10(9(14)12(16)18-11(8)15)17-7-4-5-1-2-6(7)3-5/h5-7H,1-4H2,(H,17,18). The fourth-order valence-corrected chi connectivity index (χ4v) is 3.22. The Labute approximate surface area is 101 Å². The van der Waals surface area contributed by atoms with Gasteiger partial charge in [-0.3, -0.25) is 0 Å². The van der Waals surface area contributed by atoms with E-state index in [0.29, 0.717) is 11.8 Å². The van der Waals surface area contributed by atoms with Crippen LogP contribution in [0.5, 0.6) is 0 Å². The van der Waals surface area contributed by atoms with Gasteiger partial charge in [0.05, 0.1) is 0 Å². The number of pyridine rings is 1. The van der Waals surface area contributed by atoms with Gasteiger partial charge in [0.25, 0.3) is 11.9 Å². The number of nitrogens with one attached hydrogen (secondary N) is 1. The van der Waals surface area contributed by atoms with Gasteiger partial charge in [-0.15, -0.1) is 0 Å². The zero-order chi connectivity index (χ0) is 12.9. The van der Waals surface area contributed by atoms with Gasteiger partial charge in [0.1, 0.15) is 5.69 Å². The Balaban J connectivity index is 1.88. The zero-order valence-electron chi connectivity index (χ0n) is 9.52. The highest BCUT2D eigenvalue weighted by atomic mass is 19.2. The van der Waals surface area contributed by atoms with E-state index in [9.17, 15) is 17.6 Å². The summed E-state index contributed by atoms with van der Waals surface area (Å²) in [5, 5.41) is 2.62. The number of hydrogen-bond donors (Lipinski definition) is 1. The van der Waals surface area contributed by atoms with Crippen LogP contribution in [-0.4, -0.2) is 11.0 Å². The van der Waals surface area contributed by atoms with Crippen LogP contribution in [0.3, 0.4) is 0 Å². The smallest absolute Gasteiger partial charge is 0.253 e. The molecule has 2 aliphatic carbocycles. The first-order valence-corrected chi connectivity index (χ1v) is 6.02. The number of hydrogen-bond acceptors (Lipinski definition) is 2. The Kier molecular flexibility index (Phi) is 2.68. The highest BCUT2D eigenvalue weighted by molar-refractivity contribution is 5.46.